The van der Waals surface area contributed by atoms with Crippen LogP contribution in [0.4, 0.5) is 0 Å². The highest BCUT2D eigenvalue weighted by Crippen LogP contribution is 2.25. The number of nitrogens with one attached hydrogen (secondary N) is 1. The SMILES string of the molecule is CCOC(=O)/C=C(/c1ccc2cc[nH]c2c1)c1ccccn1. The number of fused-ring (bicyclic) bond motifs is 1. The summed E-state index contributed by atoms with van der Waals surface area (Å²) in [6.45, 7) is 2.14. The van der Waals surface area contributed by atoms with Crippen LogP contribution in [0.25, 0.3) is 16.5 Å². The molecule has 3 rings (SSSR count). The first kappa shape index (κ1) is 14.1. The molecule has 0 bridgehead atoms. The average molecular weight is 292 g/mol. The molecule has 0 atom stereocenters. The number of aromatic amines is 1. The predicted octanol–water partition coefficient (Wildman–Crippen LogP) is 3.56. The lowest BCUT2D eigenvalue weighted by molar-refractivity contribution is -0.137. The van der Waals surface area contributed by atoms with Gasteiger partial charge in [0.25, 0.3) is 0 Å². The summed E-state index contributed by atoms with van der Waals surface area (Å²) in [6, 6.07) is 13.6. The number of aromatic nitrogens is 2. The van der Waals surface area contributed by atoms with Crippen molar-refractivity contribution in [3.8, 4) is 0 Å². The molecule has 0 fully saturated rings. The zero-order valence-corrected chi connectivity index (χ0v) is 12.2. The summed E-state index contributed by atoms with van der Waals surface area (Å²) >= 11 is 0. The minimum atomic E-state index is -0.366. The third-order valence-electron chi connectivity index (χ3n) is 3.36. The highest BCUT2D eigenvalue weighted by Gasteiger charge is 2.10. The summed E-state index contributed by atoms with van der Waals surface area (Å²) in [7, 11) is 0. The van der Waals surface area contributed by atoms with Crippen LogP contribution in [0.2, 0.25) is 0 Å². The number of pyridine rings is 1. The molecular formula is C18H16N2O2. The maximum Gasteiger partial charge on any atom is 0.331 e. The summed E-state index contributed by atoms with van der Waals surface area (Å²) < 4.78 is 5.04. The van der Waals surface area contributed by atoms with Crippen molar-refractivity contribution in [3.63, 3.8) is 0 Å². The molecule has 0 aliphatic heterocycles. The second-order valence-corrected chi connectivity index (χ2v) is 4.80. The third kappa shape index (κ3) is 2.91. The Morgan fingerprint density at radius 2 is 2.18 bits per heavy atom. The summed E-state index contributed by atoms with van der Waals surface area (Å²) in [5.41, 5.74) is 3.42. The van der Waals surface area contributed by atoms with E-state index < -0.39 is 0 Å². The van der Waals surface area contributed by atoms with Gasteiger partial charge in [-0.2, -0.15) is 0 Å². The van der Waals surface area contributed by atoms with E-state index in [1.54, 1.807) is 13.1 Å². The normalized spacial score (nSPS) is 11.6. The number of ether oxygens (including phenoxy) is 1. The molecule has 0 aliphatic carbocycles. The fourth-order valence-corrected chi connectivity index (χ4v) is 2.34. The maximum atomic E-state index is 11.9. The van der Waals surface area contributed by atoms with Crippen molar-refractivity contribution >= 4 is 22.4 Å². The lowest BCUT2D eigenvalue weighted by Crippen LogP contribution is -2.02. The minimum Gasteiger partial charge on any atom is -0.463 e. The van der Waals surface area contributed by atoms with Gasteiger partial charge in [0.05, 0.1) is 12.3 Å². The molecule has 0 saturated carbocycles. The Hall–Kier alpha value is -2.88. The van der Waals surface area contributed by atoms with Crippen molar-refractivity contribution in [2.75, 3.05) is 6.61 Å². The molecule has 3 aromatic rings. The van der Waals surface area contributed by atoms with Crippen LogP contribution in [0.15, 0.2) is 60.9 Å². The second-order valence-electron chi connectivity index (χ2n) is 4.80. The van der Waals surface area contributed by atoms with Gasteiger partial charge in [0, 0.05) is 29.6 Å². The molecule has 1 aromatic carbocycles. The van der Waals surface area contributed by atoms with Crippen molar-refractivity contribution in [3.05, 3.63) is 72.2 Å². The number of nitrogens with zero attached hydrogens (tertiary/aromatic N) is 1. The van der Waals surface area contributed by atoms with E-state index in [0.29, 0.717) is 6.61 Å². The first-order chi connectivity index (χ1) is 10.8. The summed E-state index contributed by atoms with van der Waals surface area (Å²) in [5, 5.41) is 1.13. The van der Waals surface area contributed by atoms with E-state index in [1.807, 2.05) is 48.7 Å². The number of esters is 1. The number of hydrogen-bond acceptors (Lipinski definition) is 3. The zero-order chi connectivity index (χ0) is 15.4. The fourth-order valence-electron chi connectivity index (χ4n) is 2.34. The topological polar surface area (TPSA) is 55.0 Å². The van der Waals surface area contributed by atoms with Gasteiger partial charge >= 0.3 is 5.97 Å². The van der Waals surface area contributed by atoms with Gasteiger partial charge in [-0.05, 0) is 42.1 Å². The van der Waals surface area contributed by atoms with Crippen LogP contribution in [0.3, 0.4) is 0 Å². The Morgan fingerprint density at radius 1 is 1.27 bits per heavy atom. The van der Waals surface area contributed by atoms with Gasteiger partial charge in [0.1, 0.15) is 0 Å². The molecule has 110 valence electrons. The molecule has 2 aromatic heterocycles. The van der Waals surface area contributed by atoms with Crippen molar-refractivity contribution < 1.29 is 9.53 Å². The Bertz CT molecular complexity index is 819. The molecule has 0 unspecified atom stereocenters. The molecular weight excluding hydrogens is 276 g/mol. The van der Waals surface area contributed by atoms with Gasteiger partial charge in [-0.15, -0.1) is 0 Å². The van der Waals surface area contributed by atoms with Crippen LogP contribution in [0.1, 0.15) is 18.2 Å². The lowest BCUT2D eigenvalue weighted by Gasteiger charge is -2.08. The molecule has 2 heterocycles. The first-order valence-corrected chi connectivity index (χ1v) is 7.15. The number of carbonyl (C=O) groups excluding carboxylic acids is 1. The molecule has 1 N–H and O–H groups in total. The third-order valence-corrected chi connectivity index (χ3v) is 3.36. The van der Waals surface area contributed by atoms with Gasteiger partial charge in [-0.25, -0.2) is 4.79 Å². The molecule has 0 radical (unpaired) electrons. The summed E-state index contributed by atoms with van der Waals surface area (Å²) in [5.74, 6) is -0.366. The molecule has 22 heavy (non-hydrogen) atoms. The van der Waals surface area contributed by atoms with Crippen molar-refractivity contribution in [1.82, 2.24) is 9.97 Å². The molecule has 4 heteroatoms. The van der Waals surface area contributed by atoms with Crippen LogP contribution in [0.5, 0.6) is 0 Å². The maximum absolute atomic E-state index is 11.9. The molecule has 0 aliphatic rings. The van der Waals surface area contributed by atoms with Crippen LogP contribution in [-0.2, 0) is 9.53 Å². The first-order valence-electron chi connectivity index (χ1n) is 7.15. The Balaban J connectivity index is 2.10. The van der Waals surface area contributed by atoms with Gasteiger partial charge in [0.15, 0.2) is 0 Å². The van der Waals surface area contributed by atoms with E-state index in [0.717, 1.165) is 27.7 Å². The average Bonchev–Trinajstić information content (AvgIpc) is 3.01. The molecule has 0 saturated heterocycles. The van der Waals surface area contributed by atoms with Gasteiger partial charge in [-0.3, -0.25) is 4.98 Å². The van der Waals surface area contributed by atoms with Gasteiger partial charge in [-0.1, -0.05) is 18.2 Å². The Morgan fingerprint density at radius 3 is 2.95 bits per heavy atom. The number of H-pyrrole nitrogens is 1. The zero-order valence-electron chi connectivity index (χ0n) is 12.2. The second kappa shape index (κ2) is 6.26. The van der Waals surface area contributed by atoms with E-state index in [1.165, 1.54) is 6.08 Å². The largest absolute Gasteiger partial charge is 0.463 e. The smallest absolute Gasteiger partial charge is 0.331 e. The highest BCUT2D eigenvalue weighted by molar-refractivity contribution is 5.97. The highest BCUT2D eigenvalue weighted by atomic mass is 16.5. The number of rotatable bonds is 4. The molecule has 4 nitrogen and oxygen atoms in total. The minimum absolute atomic E-state index is 0.348. The number of carbonyl (C=O) groups is 1. The van der Waals surface area contributed by atoms with Crippen molar-refractivity contribution in [1.29, 1.82) is 0 Å². The van der Waals surface area contributed by atoms with Gasteiger partial charge in [0.2, 0.25) is 0 Å². The monoisotopic (exact) mass is 292 g/mol. The quantitative estimate of drug-likeness (QED) is 0.591. The fraction of sp³-hybridized carbons (Fsp3) is 0.111. The van der Waals surface area contributed by atoms with E-state index in [4.69, 9.17) is 4.74 Å². The van der Waals surface area contributed by atoms with E-state index in [2.05, 4.69) is 9.97 Å². The van der Waals surface area contributed by atoms with E-state index in [-0.39, 0.29) is 5.97 Å². The molecule has 0 spiro atoms. The summed E-state index contributed by atoms with van der Waals surface area (Å²) in [4.78, 5) is 19.4. The van der Waals surface area contributed by atoms with Gasteiger partial charge < -0.3 is 9.72 Å². The van der Waals surface area contributed by atoms with Crippen LogP contribution in [-0.4, -0.2) is 22.5 Å². The Kier molecular flexibility index (Phi) is 4.01. The van der Waals surface area contributed by atoms with E-state index in [9.17, 15) is 4.79 Å². The van der Waals surface area contributed by atoms with E-state index >= 15 is 0 Å². The summed E-state index contributed by atoms with van der Waals surface area (Å²) in [6.07, 6.45) is 5.10. The van der Waals surface area contributed by atoms with Crippen molar-refractivity contribution in [2.24, 2.45) is 0 Å². The van der Waals surface area contributed by atoms with Crippen LogP contribution >= 0.6 is 0 Å². The lowest BCUT2D eigenvalue weighted by atomic mass is 10.0. The van der Waals surface area contributed by atoms with Crippen molar-refractivity contribution in [2.45, 2.75) is 6.92 Å². The van der Waals surface area contributed by atoms with Crippen LogP contribution in [0, 0.1) is 0 Å². The van der Waals surface area contributed by atoms with Crippen LogP contribution < -0.4 is 0 Å². The predicted molar refractivity (Wildman–Crippen MR) is 86.2 cm³/mol. The Labute approximate surface area is 128 Å². The molecule has 0 amide bonds. The number of benzene rings is 1. The standard InChI is InChI=1S/C18H16N2O2/c1-2-22-18(21)12-15(16-5-3-4-9-19-16)14-7-6-13-8-10-20-17(13)11-14/h3-12,20H,2H2,1H3/b15-12-. The number of hydrogen-bond donors (Lipinski definition) is 1.